The Balaban J connectivity index is 2.96. The van der Waals surface area contributed by atoms with E-state index in [0.717, 1.165) is 12.8 Å². The van der Waals surface area contributed by atoms with Gasteiger partial charge in [-0.3, -0.25) is 0 Å². The minimum atomic E-state index is -0.888. The quantitative estimate of drug-likeness (QED) is 0.760. The van der Waals surface area contributed by atoms with Crippen molar-refractivity contribution in [3.8, 4) is 0 Å². The lowest BCUT2D eigenvalue weighted by atomic mass is 9.77. The van der Waals surface area contributed by atoms with Gasteiger partial charge in [0.1, 0.15) is 5.60 Å². The van der Waals surface area contributed by atoms with Crippen LogP contribution in [0.25, 0.3) is 0 Å². The molecule has 1 rings (SSSR count). The molecule has 3 nitrogen and oxygen atoms in total. The lowest BCUT2D eigenvalue weighted by Gasteiger charge is -2.32. The normalized spacial score (nSPS) is 41.6. The molecule has 0 bridgehead atoms. The molecule has 1 saturated heterocycles. The minimum absolute atomic E-state index is 0.0925. The molecule has 0 aliphatic carbocycles. The van der Waals surface area contributed by atoms with Crippen LogP contribution in [0.5, 0.6) is 0 Å². The predicted octanol–water partition coefficient (Wildman–Crippen LogP) is 1.93. The molecule has 14 heavy (non-hydrogen) atoms. The highest BCUT2D eigenvalue weighted by Crippen LogP contribution is 2.47. The van der Waals surface area contributed by atoms with Gasteiger partial charge in [-0.2, -0.15) is 0 Å². The van der Waals surface area contributed by atoms with Gasteiger partial charge in [-0.05, 0) is 19.8 Å². The highest BCUT2D eigenvalue weighted by atomic mass is 16.7. The van der Waals surface area contributed by atoms with Crippen LogP contribution < -0.4 is 0 Å². The summed E-state index contributed by atoms with van der Waals surface area (Å²) in [7, 11) is 1.58. The van der Waals surface area contributed by atoms with Crippen molar-refractivity contribution in [3.05, 3.63) is 0 Å². The molecule has 1 aliphatic heterocycles. The molecule has 1 fully saturated rings. The summed E-state index contributed by atoms with van der Waals surface area (Å²) in [5, 5.41) is 10.3. The fourth-order valence-electron chi connectivity index (χ4n) is 2.49. The Morgan fingerprint density at radius 2 is 1.86 bits per heavy atom. The van der Waals surface area contributed by atoms with Gasteiger partial charge in [0.15, 0.2) is 6.29 Å². The first-order valence-electron chi connectivity index (χ1n) is 5.37. The maximum absolute atomic E-state index is 10.3. The standard InChI is InChI=1S/C11H22O3/c1-6-11(7-2)8(3)10(4,12)9(13-5)14-11/h8-9,12H,6-7H2,1-5H3/t8-,9-,10-/m0/s1. The maximum atomic E-state index is 10.3. The van der Waals surface area contributed by atoms with E-state index in [0.29, 0.717) is 0 Å². The van der Waals surface area contributed by atoms with Crippen LogP contribution in [0, 0.1) is 5.92 Å². The largest absolute Gasteiger partial charge is 0.384 e. The van der Waals surface area contributed by atoms with Crippen LogP contribution in [-0.4, -0.2) is 29.7 Å². The van der Waals surface area contributed by atoms with Crippen molar-refractivity contribution in [1.29, 1.82) is 0 Å². The van der Waals surface area contributed by atoms with E-state index < -0.39 is 11.9 Å². The van der Waals surface area contributed by atoms with Crippen molar-refractivity contribution in [1.82, 2.24) is 0 Å². The zero-order chi connectivity index (χ0) is 11.0. The molecule has 1 aliphatic rings. The molecule has 0 spiro atoms. The van der Waals surface area contributed by atoms with Crippen LogP contribution >= 0.6 is 0 Å². The summed E-state index contributed by atoms with van der Waals surface area (Å²) >= 11 is 0. The minimum Gasteiger partial charge on any atom is -0.384 e. The van der Waals surface area contributed by atoms with Crippen LogP contribution in [0.4, 0.5) is 0 Å². The third kappa shape index (κ3) is 1.47. The monoisotopic (exact) mass is 202 g/mol. The van der Waals surface area contributed by atoms with E-state index in [-0.39, 0.29) is 11.5 Å². The van der Waals surface area contributed by atoms with Gasteiger partial charge < -0.3 is 14.6 Å². The molecular formula is C11H22O3. The Morgan fingerprint density at radius 1 is 1.36 bits per heavy atom. The Labute approximate surface area is 86.4 Å². The van der Waals surface area contributed by atoms with Crippen molar-refractivity contribution in [2.24, 2.45) is 5.92 Å². The van der Waals surface area contributed by atoms with Crippen LogP contribution in [-0.2, 0) is 9.47 Å². The third-order valence-electron chi connectivity index (χ3n) is 3.90. The van der Waals surface area contributed by atoms with Crippen molar-refractivity contribution < 1.29 is 14.6 Å². The van der Waals surface area contributed by atoms with Crippen LogP contribution in [0.1, 0.15) is 40.5 Å². The van der Waals surface area contributed by atoms with Crippen LogP contribution in [0.15, 0.2) is 0 Å². The fraction of sp³-hybridized carbons (Fsp3) is 1.00. The predicted molar refractivity (Wildman–Crippen MR) is 55.0 cm³/mol. The number of ether oxygens (including phenoxy) is 2. The van der Waals surface area contributed by atoms with E-state index >= 15 is 0 Å². The second-order valence-electron chi connectivity index (χ2n) is 4.40. The van der Waals surface area contributed by atoms with Gasteiger partial charge in [0.05, 0.1) is 5.60 Å². The molecule has 84 valence electrons. The van der Waals surface area contributed by atoms with Gasteiger partial charge in [0.25, 0.3) is 0 Å². The van der Waals surface area contributed by atoms with Gasteiger partial charge in [0, 0.05) is 13.0 Å². The summed E-state index contributed by atoms with van der Waals surface area (Å²) < 4.78 is 11.0. The number of hydrogen-bond donors (Lipinski definition) is 1. The molecule has 0 aromatic rings. The molecule has 3 atom stereocenters. The highest BCUT2D eigenvalue weighted by molar-refractivity contribution is 5.02. The van der Waals surface area contributed by atoms with Gasteiger partial charge in [-0.25, -0.2) is 0 Å². The molecule has 0 saturated carbocycles. The van der Waals surface area contributed by atoms with E-state index in [4.69, 9.17) is 9.47 Å². The Kier molecular flexibility index (Phi) is 3.24. The summed E-state index contributed by atoms with van der Waals surface area (Å²) in [4.78, 5) is 0. The first-order chi connectivity index (χ1) is 6.44. The van der Waals surface area contributed by atoms with Crippen LogP contribution in [0.2, 0.25) is 0 Å². The Morgan fingerprint density at radius 3 is 2.07 bits per heavy atom. The SMILES string of the molecule is CCC1(CC)O[C@H](OC)[C@@](C)(O)[C@@H]1C. The Bertz CT molecular complexity index is 197. The molecule has 0 unspecified atom stereocenters. The summed E-state index contributed by atoms with van der Waals surface area (Å²) in [5.41, 5.74) is -1.12. The Hall–Kier alpha value is -0.120. The third-order valence-corrected chi connectivity index (χ3v) is 3.90. The number of methoxy groups -OCH3 is 1. The zero-order valence-corrected chi connectivity index (χ0v) is 9.83. The van der Waals surface area contributed by atoms with Gasteiger partial charge in [-0.15, -0.1) is 0 Å². The van der Waals surface area contributed by atoms with E-state index in [1.165, 1.54) is 0 Å². The number of hydrogen-bond acceptors (Lipinski definition) is 3. The van der Waals surface area contributed by atoms with Crippen molar-refractivity contribution in [2.75, 3.05) is 7.11 Å². The molecule has 3 heteroatoms. The van der Waals surface area contributed by atoms with E-state index in [1.54, 1.807) is 14.0 Å². The lowest BCUT2D eigenvalue weighted by molar-refractivity contribution is -0.200. The molecule has 1 N–H and O–H groups in total. The first-order valence-corrected chi connectivity index (χ1v) is 5.37. The molecule has 0 amide bonds. The molecule has 0 radical (unpaired) electrons. The average Bonchev–Trinajstić information content (AvgIpc) is 2.37. The zero-order valence-electron chi connectivity index (χ0n) is 9.83. The fourth-order valence-corrected chi connectivity index (χ4v) is 2.49. The van der Waals surface area contributed by atoms with Gasteiger partial charge in [0.2, 0.25) is 0 Å². The van der Waals surface area contributed by atoms with Crippen molar-refractivity contribution in [2.45, 2.75) is 58.0 Å². The van der Waals surface area contributed by atoms with Crippen molar-refractivity contribution >= 4 is 0 Å². The maximum Gasteiger partial charge on any atom is 0.186 e. The molecular weight excluding hydrogens is 180 g/mol. The van der Waals surface area contributed by atoms with E-state index in [2.05, 4.69) is 13.8 Å². The number of rotatable bonds is 3. The second kappa shape index (κ2) is 3.80. The number of aliphatic hydroxyl groups is 1. The van der Waals surface area contributed by atoms with Crippen LogP contribution in [0.3, 0.4) is 0 Å². The summed E-state index contributed by atoms with van der Waals surface area (Å²) in [5.74, 6) is 0.0925. The average molecular weight is 202 g/mol. The molecule has 1 heterocycles. The van der Waals surface area contributed by atoms with Gasteiger partial charge >= 0.3 is 0 Å². The molecule has 0 aromatic carbocycles. The summed E-state index contributed by atoms with van der Waals surface area (Å²) in [6.45, 7) is 8.01. The summed E-state index contributed by atoms with van der Waals surface area (Å²) in [6.07, 6.45) is 1.30. The highest BCUT2D eigenvalue weighted by Gasteiger charge is 2.57. The van der Waals surface area contributed by atoms with E-state index in [1.807, 2.05) is 6.92 Å². The van der Waals surface area contributed by atoms with Gasteiger partial charge in [-0.1, -0.05) is 20.8 Å². The van der Waals surface area contributed by atoms with E-state index in [9.17, 15) is 5.11 Å². The second-order valence-corrected chi connectivity index (χ2v) is 4.40. The lowest BCUT2D eigenvalue weighted by Crippen LogP contribution is -2.43. The van der Waals surface area contributed by atoms with Crippen molar-refractivity contribution in [3.63, 3.8) is 0 Å². The summed E-state index contributed by atoms with van der Waals surface area (Å²) in [6, 6.07) is 0. The topological polar surface area (TPSA) is 38.7 Å². The smallest absolute Gasteiger partial charge is 0.186 e. The first kappa shape index (κ1) is 12.0. The molecule has 0 aromatic heterocycles.